The summed E-state index contributed by atoms with van der Waals surface area (Å²) in [4.78, 5) is 7.62. The lowest BCUT2D eigenvalue weighted by Gasteiger charge is -2.22. The van der Waals surface area contributed by atoms with Crippen molar-refractivity contribution in [2.24, 2.45) is 0 Å². The maximum atomic E-state index is 13.8. The molecule has 40 heavy (non-hydrogen) atoms. The molecule has 204 valence electrons. The first-order chi connectivity index (χ1) is 19.2. The summed E-state index contributed by atoms with van der Waals surface area (Å²) in [6, 6.07) is 11.0. The summed E-state index contributed by atoms with van der Waals surface area (Å²) in [6.45, 7) is -0.578. The van der Waals surface area contributed by atoms with Crippen LogP contribution in [0.25, 0.3) is 10.9 Å². The molecule has 0 bridgehead atoms. The molecule has 4 aromatic rings. The smallest absolute Gasteiger partial charge is 0.257 e. The maximum Gasteiger partial charge on any atom is 0.257 e. The minimum Gasteiger partial charge on any atom is -0.373 e. The van der Waals surface area contributed by atoms with E-state index in [4.69, 9.17) is 11.6 Å². The molecule has 0 radical (unpaired) electrons. The third-order valence-corrected chi connectivity index (χ3v) is 6.20. The Bertz CT molecular complexity index is 1640. The van der Waals surface area contributed by atoms with Gasteiger partial charge in [0.15, 0.2) is 5.82 Å². The van der Waals surface area contributed by atoms with Crippen LogP contribution in [-0.2, 0) is 0 Å². The fourth-order valence-electron chi connectivity index (χ4n) is 4.12. The molecule has 1 atom stereocenters. The SMILES string of the molecule is N#Cc1cnc2c(Cl)cc(N[C@H](C3=CN(CC(F)F)NN3)c3ccc(F)cc3)cc2c1Nc1cnc(F)c(F)c1. The summed E-state index contributed by atoms with van der Waals surface area (Å²) in [5.74, 6) is -2.92. The second-order valence-corrected chi connectivity index (χ2v) is 9.04. The number of pyridine rings is 2. The van der Waals surface area contributed by atoms with E-state index in [0.717, 1.165) is 12.3 Å². The molecule has 0 saturated heterocycles. The molecule has 5 rings (SSSR count). The Balaban J connectivity index is 1.57. The van der Waals surface area contributed by atoms with Gasteiger partial charge < -0.3 is 16.1 Å². The largest absolute Gasteiger partial charge is 0.373 e. The van der Waals surface area contributed by atoms with E-state index in [1.54, 1.807) is 12.1 Å². The summed E-state index contributed by atoms with van der Waals surface area (Å²) in [6.07, 6.45) is 1.21. The van der Waals surface area contributed by atoms with Crippen LogP contribution in [0.1, 0.15) is 17.2 Å². The molecule has 2 aromatic heterocycles. The van der Waals surface area contributed by atoms with E-state index in [-0.39, 0.29) is 22.0 Å². The van der Waals surface area contributed by atoms with Crippen LogP contribution in [0.4, 0.5) is 39.0 Å². The molecule has 1 aliphatic heterocycles. The van der Waals surface area contributed by atoms with E-state index in [1.165, 1.54) is 41.7 Å². The first-order valence-corrected chi connectivity index (χ1v) is 12.0. The van der Waals surface area contributed by atoms with Crippen LogP contribution < -0.4 is 21.6 Å². The van der Waals surface area contributed by atoms with Gasteiger partial charge in [-0.2, -0.15) is 9.65 Å². The van der Waals surface area contributed by atoms with E-state index >= 15 is 0 Å². The molecule has 0 spiro atoms. The average molecular weight is 573 g/mol. The van der Waals surface area contributed by atoms with Crippen LogP contribution in [0.15, 0.2) is 66.8 Å². The van der Waals surface area contributed by atoms with Crippen LogP contribution in [0.3, 0.4) is 0 Å². The van der Waals surface area contributed by atoms with Gasteiger partial charge in [-0.3, -0.25) is 9.99 Å². The minimum atomic E-state index is -2.60. The summed E-state index contributed by atoms with van der Waals surface area (Å²) in [7, 11) is 0. The van der Waals surface area contributed by atoms with Gasteiger partial charge in [-0.05, 0) is 29.8 Å². The monoisotopic (exact) mass is 572 g/mol. The number of anilines is 3. The molecule has 2 aromatic carbocycles. The molecule has 14 heteroatoms. The lowest BCUT2D eigenvalue weighted by molar-refractivity contribution is 0.0889. The summed E-state index contributed by atoms with van der Waals surface area (Å²) < 4.78 is 66.7. The van der Waals surface area contributed by atoms with Gasteiger partial charge in [0.1, 0.15) is 11.9 Å². The standard InChI is InChI=1S/C26H18ClF5N8/c27-19-6-16(36-24(13-1-3-15(28)4-2-13)21-11-40(39-38-21)12-22(30)31)5-18-23(14(8-33)9-34-25(18)19)37-17-7-20(29)26(32)35-10-17/h1-7,9-11,22,24,36,38-39H,12H2,(H,34,37)/t24-/m0/s1. The zero-order chi connectivity index (χ0) is 28.4. The number of nitrogens with one attached hydrogen (secondary N) is 4. The molecule has 8 nitrogen and oxygen atoms in total. The first kappa shape index (κ1) is 26.9. The fourth-order valence-corrected chi connectivity index (χ4v) is 4.39. The highest BCUT2D eigenvalue weighted by Crippen LogP contribution is 2.37. The van der Waals surface area contributed by atoms with Crippen molar-refractivity contribution in [1.29, 1.82) is 5.26 Å². The second kappa shape index (κ2) is 11.2. The van der Waals surface area contributed by atoms with E-state index in [2.05, 4.69) is 31.6 Å². The Kier molecular flexibility index (Phi) is 7.54. The highest BCUT2D eigenvalue weighted by atomic mass is 35.5. The van der Waals surface area contributed by atoms with Crippen molar-refractivity contribution in [3.63, 3.8) is 0 Å². The van der Waals surface area contributed by atoms with Gasteiger partial charge in [-0.1, -0.05) is 23.7 Å². The lowest BCUT2D eigenvalue weighted by atomic mass is 10.0. The van der Waals surface area contributed by atoms with Gasteiger partial charge in [0.25, 0.3) is 6.43 Å². The number of aromatic nitrogens is 2. The van der Waals surface area contributed by atoms with Gasteiger partial charge >= 0.3 is 0 Å². The van der Waals surface area contributed by atoms with Crippen molar-refractivity contribution in [1.82, 2.24) is 25.9 Å². The highest BCUT2D eigenvalue weighted by Gasteiger charge is 2.24. The van der Waals surface area contributed by atoms with E-state index in [0.29, 0.717) is 27.9 Å². The summed E-state index contributed by atoms with van der Waals surface area (Å²) in [5, 5.41) is 17.6. The summed E-state index contributed by atoms with van der Waals surface area (Å²) >= 11 is 6.55. The lowest BCUT2D eigenvalue weighted by Crippen LogP contribution is -2.39. The van der Waals surface area contributed by atoms with Crippen molar-refractivity contribution in [3.05, 3.63) is 100 Å². The third-order valence-electron chi connectivity index (χ3n) is 5.91. The van der Waals surface area contributed by atoms with Gasteiger partial charge in [-0.25, -0.2) is 22.5 Å². The number of nitriles is 1. The molecule has 0 fully saturated rings. The van der Waals surface area contributed by atoms with E-state index < -0.39 is 36.6 Å². The quantitative estimate of drug-likeness (QED) is 0.153. The van der Waals surface area contributed by atoms with Crippen molar-refractivity contribution >= 4 is 39.6 Å². The third kappa shape index (κ3) is 5.68. The number of benzene rings is 2. The number of hydrazine groups is 2. The number of fused-ring (bicyclic) bond motifs is 1. The van der Waals surface area contributed by atoms with Crippen LogP contribution in [0, 0.1) is 28.9 Å². The molecular weight excluding hydrogens is 555 g/mol. The zero-order valence-corrected chi connectivity index (χ0v) is 20.9. The van der Waals surface area contributed by atoms with Gasteiger partial charge in [-0.15, -0.1) is 5.53 Å². The number of hydrogen-bond donors (Lipinski definition) is 4. The first-order valence-electron chi connectivity index (χ1n) is 11.6. The Labute approximate surface area is 229 Å². The van der Waals surface area contributed by atoms with Crippen molar-refractivity contribution in [2.75, 3.05) is 17.2 Å². The number of hydrogen-bond acceptors (Lipinski definition) is 8. The molecule has 0 amide bonds. The maximum absolute atomic E-state index is 13.8. The second-order valence-electron chi connectivity index (χ2n) is 8.63. The number of halogens is 6. The van der Waals surface area contributed by atoms with Crippen molar-refractivity contribution in [2.45, 2.75) is 12.5 Å². The Hall–Kier alpha value is -4.67. The van der Waals surface area contributed by atoms with Crippen molar-refractivity contribution < 1.29 is 22.0 Å². The topological polar surface area (TPSA) is 101 Å². The van der Waals surface area contributed by atoms with Crippen LogP contribution in [-0.4, -0.2) is 27.9 Å². The van der Waals surface area contributed by atoms with Crippen molar-refractivity contribution in [3.8, 4) is 6.07 Å². The Morgan fingerprint density at radius 3 is 2.50 bits per heavy atom. The van der Waals surface area contributed by atoms with Gasteiger partial charge in [0.2, 0.25) is 5.95 Å². The molecular formula is C26H18ClF5N8. The predicted molar refractivity (Wildman–Crippen MR) is 139 cm³/mol. The minimum absolute atomic E-state index is 0.0760. The van der Waals surface area contributed by atoms with E-state index in [9.17, 15) is 27.2 Å². The van der Waals surface area contributed by atoms with Gasteiger partial charge in [0, 0.05) is 29.5 Å². The van der Waals surface area contributed by atoms with Crippen LogP contribution in [0.5, 0.6) is 0 Å². The molecule has 0 saturated carbocycles. The number of alkyl halides is 2. The number of nitrogens with zero attached hydrogens (tertiary/aromatic N) is 4. The average Bonchev–Trinajstić information content (AvgIpc) is 3.37. The van der Waals surface area contributed by atoms with Crippen LogP contribution in [0.2, 0.25) is 5.02 Å². The fraction of sp³-hybridized carbons (Fsp3) is 0.115. The van der Waals surface area contributed by atoms with Crippen LogP contribution >= 0.6 is 11.6 Å². The normalized spacial score (nSPS) is 13.7. The Morgan fingerprint density at radius 1 is 1.02 bits per heavy atom. The Morgan fingerprint density at radius 2 is 1.80 bits per heavy atom. The molecule has 0 unspecified atom stereocenters. The molecule has 1 aliphatic rings. The molecule has 3 heterocycles. The molecule has 4 N–H and O–H groups in total. The summed E-state index contributed by atoms with van der Waals surface area (Å²) in [5.41, 5.74) is 7.63. The molecule has 0 aliphatic carbocycles. The zero-order valence-electron chi connectivity index (χ0n) is 20.2. The highest BCUT2D eigenvalue weighted by molar-refractivity contribution is 6.36. The number of rotatable bonds is 8. The van der Waals surface area contributed by atoms with E-state index in [1.807, 2.05) is 6.07 Å². The predicted octanol–water partition coefficient (Wildman–Crippen LogP) is 5.90. The van der Waals surface area contributed by atoms with Gasteiger partial charge in [0.05, 0.1) is 52.0 Å².